The van der Waals surface area contributed by atoms with Gasteiger partial charge in [0.25, 0.3) is 0 Å². The normalized spacial score (nSPS) is 26.8. The van der Waals surface area contributed by atoms with Gasteiger partial charge in [0.1, 0.15) is 0 Å². The van der Waals surface area contributed by atoms with Gasteiger partial charge in [0.2, 0.25) is 0 Å². The molecule has 0 aliphatic carbocycles. The highest BCUT2D eigenvalue weighted by Gasteiger charge is 2.43. The van der Waals surface area contributed by atoms with Crippen molar-refractivity contribution in [3.63, 3.8) is 0 Å². The average Bonchev–Trinajstić information content (AvgIpc) is 2.85. The van der Waals surface area contributed by atoms with Crippen molar-refractivity contribution in [3.05, 3.63) is 24.5 Å². The molecule has 1 aliphatic rings. The molecule has 0 bridgehead atoms. The molecule has 1 aromatic heterocycles. The number of likely N-dealkylation sites (N-methyl/N-ethyl adjacent to an activating group) is 1. The number of rotatable bonds is 2. The standard InChI is InChI=1S/C9H12N2O/c1-9(7-12-9)11(2)8-4-3-5-10-6-8/h3-6H,7H2,1-2H3. The number of ether oxygens (including phenoxy) is 1. The first kappa shape index (κ1) is 7.55. The van der Waals surface area contributed by atoms with Crippen LogP contribution < -0.4 is 4.90 Å². The number of hydrogen-bond donors (Lipinski definition) is 0. The molecule has 1 aliphatic heterocycles. The summed E-state index contributed by atoms with van der Waals surface area (Å²) in [7, 11) is 2.02. The third-order valence-corrected chi connectivity index (χ3v) is 2.30. The van der Waals surface area contributed by atoms with E-state index in [0.717, 1.165) is 12.3 Å². The molecule has 1 aromatic rings. The average molecular weight is 164 g/mol. The van der Waals surface area contributed by atoms with Crippen molar-refractivity contribution in [1.29, 1.82) is 0 Å². The lowest BCUT2D eigenvalue weighted by Gasteiger charge is -2.22. The summed E-state index contributed by atoms with van der Waals surface area (Å²) in [5.74, 6) is 0. The Morgan fingerprint density at radius 2 is 2.42 bits per heavy atom. The van der Waals surface area contributed by atoms with Crippen LogP contribution in [0.25, 0.3) is 0 Å². The third kappa shape index (κ3) is 1.16. The van der Waals surface area contributed by atoms with Gasteiger partial charge in [0.05, 0.1) is 18.5 Å². The summed E-state index contributed by atoms with van der Waals surface area (Å²) in [6.07, 6.45) is 3.61. The predicted molar refractivity (Wildman–Crippen MR) is 47.0 cm³/mol. The van der Waals surface area contributed by atoms with Crippen LogP contribution >= 0.6 is 0 Å². The molecular weight excluding hydrogens is 152 g/mol. The molecule has 2 rings (SSSR count). The van der Waals surface area contributed by atoms with Gasteiger partial charge < -0.3 is 9.64 Å². The summed E-state index contributed by atoms with van der Waals surface area (Å²) in [4.78, 5) is 6.15. The van der Waals surface area contributed by atoms with Gasteiger partial charge in [-0.3, -0.25) is 4.98 Å². The highest BCUT2D eigenvalue weighted by Crippen LogP contribution is 2.32. The molecule has 0 saturated carbocycles. The van der Waals surface area contributed by atoms with Crippen molar-refractivity contribution in [1.82, 2.24) is 4.98 Å². The fourth-order valence-electron chi connectivity index (χ4n) is 1.12. The molecule has 0 N–H and O–H groups in total. The molecular formula is C9H12N2O. The van der Waals surface area contributed by atoms with E-state index in [0.29, 0.717) is 0 Å². The molecule has 0 radical (unpaired) electrons. The predicted octanol–water partition coefficient (Wildman–Crippen LogP) is 1.26. The van der Waals surface area contributed by atoms with Gasteiger partial charge >= 0.3 is 0 Å². The van der Waals surface area contributed by atoms with Gasteiger partial charge in [-0.1, -0.05) is 0 Å². The van der Waals surface area contributed by atoms with E-state index < -0.39 is 0 Å². The van der Waals surface area contributed by atoms with E-state index >= 15 is 0 Å². The molecule has 0 spiro atoms. The van der Waals surface area contributed by atoms with Crippen LogP contribution in [0.3, 0.4) is 0 Å². The smallest absolute Gasteiger partial charge is 0.161 e. The number of epoxide rings is 1. The monoisotopic (exact) mass is 164 g/mol. The Hall–Kier alpha value is -1.09. The minimum atomic E-state index is -0.0942. The number of aromatic nitrogens is 1. The Kier molecular flexibility index (Phi) is 1.54. The van der Waals surface area contributed by atoms with Gasteiger partial charge in [-0.15, -0.1) is 0 Å². The molecule has 0 amide bonds. The molecule has 1 saturated heterocycles. The van der Waals surface area contributed by atoms with Crippen molar-refractivity contribution in [2.24, 2.45) is 0 Å². The molecule has 2 heterocycles. The van der Waals surface area contributed by atoms with Crippen LogP contribution in [-0.4, -0.2) is 24.4 Å². The molecule has 12 heavy (non-hydrogen) atoms. The van der Waals surface area contributed by atoms with Crippen LogP contribution in [0, 0.1) is 0 Å². The van der Waals surface area contributed by atoms with Crippen molar-refractivity contribution in [2.45, 2.75) is 12.6 Å². The lowest BCUT2D eigenvalue weighted by atomic mass is 10.3. The van der Waals surface area contributed by atoms with Gasteiger partial charge in [-0.2, -0.15) is 0 Å². The number of pyridine rings is 1. The van der Waals surface area contributed by atoms with E-state index in [1.807, 2.05) is 25.4 Å². The quantitative estimate of drug-likeness (QED) is 0.616. The van der Waals surface area contributed by atoms with E-state index in [-0.39, 0.29) is 5.72 Å². The van der Waals surface area contributed by atoms with Gasteiger partial charge in [-0.25, -0.2) is 0 Å². The molecule has 1 unspecified atom stereocenters. The lowest BCUT2D eigenvalue weighted by molar-refractivity contribution is 0.321. The zero-order valence-corrected chi connectivity index (χ0v) is 7.32. The maximum absolute atomic E-state index is 5.31. The third-order valence-electron chi connectivity index (χ3n) is 2.30. The summed E-state index contributed by atoms with van der Waals surface area (Å²) in [5, 5.41) is 0. The number of nitrogens with zero attached hydrogens (tertiary/aromatic N) is 2. The second kappa shape index (κ2) is 2.45. The molecule has 3 heteroatoms. The highest BCUT2D eigenvalue weighted by atomic mass is 16.6. The Bertz CT molecular complexity index is 269. The maximum atomic E-state index is 5.31. The van der Waals surface area contributed by atoms with Crippen molar-refractivity contribution < 1.29 is 4.74 Å². The molecule has 1 fully saturated rings. The Morgan fingerprint density at radius 1 is 1.67 bits per heavy atom. The minimum absolute atomic E-state index is 0.0942. The molecule has 0 aromatic carbocycles. The van der Waals surface area contributed by atoms with E-state index in [1.54, 1.807) is 6.20 Å². The molecule has 1 atom stereocenters. The zero-order chi connectivity index (χ0) is 8.60. The maximum Gasteiger partial charge on any atom is 0.161 e. The van der Waals surface area contributed by atoms with Crippen LogP contribution in [0.15, 0.2) is 24.5 Å². The largest absolute Gasteiger partial charge is 0.348 e. The van der Waals surface area contributed by atoms with E-state index in [4.69, 9.17) is 4.74 Å². The van der Waals surface area contributed by atoms with Gasteiger partial charge in [0, 0.05) is 13.2 Å². The van der Waals surface area contributed by atoms with Crippen LogP contribution in [0.5, 0.6) is 0 Å². The molecule has 64 valence electrons. The summed E-state index contributed by atoms with van der Waals surface area (Å²) < 4.78 is 5.31. The van der Waals surface area contributed by atoms with E-state index in [1.165, 1.54) is 0 Å². The minimum Gasteiger partial charge on any atom is -0.348 e. The second-order valence-electron chi connectivity index (χ2n) is 3.23. The van der Waals surface area contributed by atoms with Crippen LogP contribution in [-0.2, 0) is 4.74 Å². The highest BCUT2D eigenvalue weighted by molar-refractivity contribution is 5.46. The summed E-state index contributed by atoms with van der Waals surface area (Å²) in [5.41, 5.74) is 1.00. The van der Waals surface area contributed by atoms with Crippen LogP contribution in [0.4, 0.5) is 5.69 Å². The fraction of sp³-hybridized carbons (Fsp3) is 0.444. The van der Waals surface area contributed by atoms with Gasteiger partial charge in [-0.05, 0) is 19.1 Å². The Labute approximate surface area is 72.0 Å². The first-order chi connectivity index (χ1) is 5.72. The first-order valence-corrected chi connectivity index (χ1v) is 4.00. The summed E-state index contributed by atoms with van der Waals surface area (Å²) in [6.45, 7) is 2.87. The Morgan fingerprint density at radius 3 is 2.92 bits per heavy atom. The second-order valence-corrected chi connectivity index (χ2v) is 3.23. The lowest BCUT2D eigenvalue weighted by Crippen LogP contribution is -2.32. The topological polar surface area (TPSA) is 28.7 Å². The van der Waals surface area contributed by atoms with E-state index in [9.17, 15) is 0 Å². The number of anilines is 1. The summed E-state index contributed by atoms with van der Waals surface area (Å²) >= 11 is 0. The molecule has 3 nitrogen and oxygen atoms in total. The number of hydrogen-bond acceptors (Lipinski definition) is 3. The van der Waals surface area contributed by atoms with E-state index in [2.05, 4.69) is 16.8 Å². The zero-order valence-electron chi connectivity index (χ0n) is 7.32. The van der Waals surface area contributed by atoms with Crippen molar-refractivity contribution >= 4 is 5.69 Å². The van der Waals surface area contributed by atoms with Crippen molar-refractivity contribution in [2.75, 3.05) is 18.6 Å². The Balaban J connectivity index is 2.20. The SMILES string of the molecule is CN(c1cccnc1)C1(C)CO1. The van der Waals surface area contributed by atoms with Crippen LogP contribution in [0.2, 0.25) is 0 Å². The summed E-state index contributed by atoms with van der Waals surface area (Å²) in [6, 6.07) is 3.96. The first-order valence-electron chi connectivity index (χ1n) is 4.00. The fourth-order valence-corrected chi connectivity index (χ4v) is 1.12. The van der Waals surface area contributed by atoms with Gasteiger partial charge in [0.15, 0.2) is 5.72 Å². The van der Waals surface area contributed by atoms with Crippen LogP contribution in [0.1, 0.15) is 6.92 Å². The van der Waals surface area contributed by atoms with Crippen molar-refractivity contribution in [3.8, 4) is 0 Å².